The predicted molar refractivity (Wildman–Crippen MR) is 125 cm³/mol. The highest BCUT2D eigenvalue weighted by Gasteiger charge is 2.36. The summed E-state index contributed by atoms with van der Waals surface area (Å²) in [5.74, 6) is -0.151. The number of nitrogens with one attached hydrogen (secondary N) is 1. The van der Waals surface area contributed by atoms with Crippen LogP contribution < -0.4 is 5.32 Å². The zero-order valence-corrected chi connectivity index (χ0v) is 20.1. The predicted octanol–water partition coefficient (Wildman–Crippen LogP) is 4.25. The molecule has 1 saturated heterocycles. The Morgan fingerprint density at radius 1 is 1.30 bits per heavy atom. The largest absolute Gasteiger partial charge is 0.459 e. The van der Waals surface area contributed by atoms with E-state index in [1.54, 1.807) is 33.0 Å². The Balaban J connectivity index is 1.56. The molecule has 3 heterocycles. The number of carbonyl (C=O) groups is 2. The van der Waals surface area contributed by atoms with Crippen molar-refractivity contribution >= 4 is 29.4 Å². The van der Waals surface area contributed by atoms with Crippen LogP contribution >= 0.6 is 11.6 Å². The van der Waals surface area contributed by atoms with Gasteiger partial charge in [0, 0.05) is 30.4 Å². The van der Waals surface area contributed by atoms with Crippen molar-refractivity contribution in [2.24, 2.45) is 0 Å². The molecule has 0 aliphatic carbocycles. The lowest BCUT2D eigenvalue weighted by Gasteiger charge is -2.24. The van der Waals surface area contributed by atoms with Crippen molar-refractivity contribution in [3.05, 3.63) is 40.5 Å². The van der Waals surface area contributed by atoms with E-state index in [9.17, 15) is 9.59 Å². The molecule has 4 rings (SSSR count). The van der Waals surface area contributed by atoms with Gasteiger partial charge in [-0.05, 0) is 52.2 Å². The summed E-state index contributed by atoms with van der Waals surface area (Å²) in [4.78, 5) is 35.9. The van der Waals surface area contributed by atoms with Crippen LogP contribution in [0.25, 0.3) is 11.3 Å². The molecule has 33 heavy (non-hydrogen) atoms. The minimum atomic E-state index is -0.608. The highest BCUT2D eigenvalue weighted by Crippen LogP contribution is 2.37. The molecule has 0 saturated carbocycles. The molecule has 1 aromatic carbocycles. The first kappa shape index (κ1) is 23.4. The average Bonchev–Trinajstić information content (AvgIpc) is 2.99. The zero-order chi connectivity index (χ0) is 23.8. The van der Waals surface area contributed by atoms with E-state index in [1.807, 2.05) is 19.1 Å². The molecule has 1 unspecified atom stereocenters. The van der Waals surface area contributed by atoms with Crippen molar-refractivity contribution < 1.29 is 19.1 Å². The summed E-state index contributed by atoms with van der Waals surface area (Å²) in [6.07, 6.45) is 3.35. The third-order valence-electron chi connectivity index (χ3n) is 5.75. The average molecular weight is 473 g/mol. The maximum Gasteiger partial charge on any atom is 0.326 e. The lowest BCUT2D eigenvalue weighted by atomic mass is 10.0. The van der Waals surface area contributed by atoms with Crippen molar-refractivity contribution in [1.29, 1.82) is 0 Å². The number of hydrogen-bond acceptors (Lipinski definition) is 7. The van der Waals surface area contributed by atoms with E-state index >= 15 is 0 Å². The number of rotatable bonds is 5. The monoisotopic (exact) mass is 472 g/mol. The normalized spacial score (nSPS) is 18.9. The second-order valence-corrected chi connectivity index (χ2v) is 9.83. The number of anilines is 1. The van der Waals surface area contributed by atoms with Crippen molar-refractivity contribution in [2.75, 3.05) is 25.1 Å². The van der Waals surface area contributed by atoms with Crippen LogP contribution in [0.2, 0.25) is 5.02 Å². The fourth-order valence-electron chi connectivity index (χ4n) is 4.14. The Hall–Kier alpha value is -2.71. The summed E-state index contributed by atoms with van der Waals surface area (Å²) < 4.78 is 10.8. The minimum absolute atomic E-state index is 0.102. The van der Waals surface area contributed by atoms with Gasteiger partial charge >= 0.3 is 5.97 Å². The van der Waals surface area contributed by atoms with E-state index in [0.717, 1.165) is 24.0 Å². The van der Waals surface area contributed by atoms with Gasteiger partial charge in [0.25, 0.3) is 5.91 Å². The van der Waals surface area contributed by atoms with Crippen molar-refractivity contribution in [3.8, 4) is 11.3 Å². The highest BCUT2D eigenvalue weighted by molar-refractivity contribution is 6.33. The van der Waals surface area contributed by atoms with Gasteiger partial charge in [-0.3, -0.25) is 9.59 Å². The maximum absolute atomic E-state index is 13.1. The Labute approximate surface area is 198 Å². The molecule has 176 valence electrons. The molecule has 1 aromatic heterocycles. The van der Waals surface area contributed by atoms with Crippen molar-refractivity contribution in [3.63, 3.8) is 0 Å². The number of fused-ring (bicyclic) bond motifs is 1. The number of benzene rings is 1. The van der Waals surface area contributed by atoms with Crippen LogP contribution in [0, 0.1) is 0 Å². The van der Waals surface area contributed by atoms with Crippen LogP contribution in [-0.4, -0.2) is 58.1 Å². The third-order valence-corrected chi connectivity index (χ3v) is 6.03. The van der Waals surface area contributed by atoms with Gasteiger partial charge in [0.1, 0.15) is 12.1 Å². The lowest BCUT2D eigenvalue weighted by molar-refractivity contribution is -0.155. The maximum atomic E-state index is 13.1. The number of halogens is 1. The van der Waals surface area contributed by atoms with Crippen LogP contribution in [0.1, 0.15) is 62.5 Å². The second-order valence-electron chi connectivity index (χ2n) is 9.42. The van der Waals surface area contributed by atoms with Gasteiger partial charge in [0.15, 0.2) is 0 Å². The standard InChI is InChI=1S/C24H29ClN4O4/c1-14-17-6-5-15(11-18(17)22(31)29(14)13-20(30)33-24(2,3)4)21-19(25)12-26-23(28-21)27-16-7-9-32-10-8-16/h5-6,11-12,14,16H,7-10,13H2,1-4H3,(H,26,27,28). The van der Waals surface area contributed by atoms with E-state index in [0.29, 0.717) is 35.4 Å². The summed E-state index contributed by atoms with van der Waals surface area (Å²) in [6, 6.07) is 5.59. The van der Waals surface area contributed by atoms with E-state index in [2.05, 4.69) is 15.3 Å². The van der Waals surface area contributed by atoms with Crippen LogP contribution in [0.4, 0.5) is 5.95 Å². The summed E-state index contributed by atoms with van der Waals surface area (Å²) >= 11 is 6.42. The van der Waals surface area contributed by atoms with Crippen LogP contribution in [0.5, 0.6) is 0 Å². The first-order valence-electron chi connectivity index (χ1n) is 11.2. The Morgan fingerprint density at radius 3 is 2.73 bits per heavy atom. The fourth-order valence-corrected chi connectivity index (χ4v) is 4.34. The first-order chi connectivity index (χ1) is 15.6. The van der Waals surface area contributed by atoms with Gasteiger partial charge in [0.2, 0.25) is 5.95 Å². The summed E-state index contributed by atoms with van der Waals surface area (Å²) in [5, 5.41) is 3.75. The molecular formula is C24H29ClN4O4. The number of ether oxygens (including phenoxy) is 2. The Morgan fingerprint density at radius 2 is 2.03 bits per heavy atom. The molecule has 2 aliphatic heterocycles. The quantitative estimate of drug-likeness (QED) is 0.650. The molecule has 0 bridgehead atoms. The van der Waals surface area contributed by atoms with Gasteiger partial charge in [-0.25, -0.2) is 9.97 Å². The number of hydrogen-bond donors (Lipinski definition) is 1. The highest BCUT2D eigenvalue weighted by atomic mass is 35.5. The summed E-state index contributed by atoms with van der Waals surface area (Å²) in [6.45, 7) is 8.63. The molecule has 9 heteroatoms. The van der Waals surface area contributed by atoms with E-state index in [4.69, 9.17) is 21.1 Å². The van der Waals surface area contributed by atoms with Gasteiger partial charge < -0.3 is 19.7 Å². The van der Waals surface area contributed by atoms with Crippen LogP contribution in [0.15, 0.2) is 24.4 Å². The zero-order valence-electron chi connectivity index (χ0n) is 19.4. The minimum Gasteiger partial charge on any atom is -0.459 e. The SMILES string of the molecule is CC1c2ccc(-c3nc(NC4CCOCC4)ncc3Cl)cc2C(=O)N1CC(=O)OC(C)(C)C. The summed E-state index contributed by atoms with van der Waals surface area (Å²) in [7, 11) is 0. The topological polar surface area (TPSA) is 93.7 Å². The second kappa shape index (κ2) is 9.27. The fraction of sp³-hybridized carbons (Fsp3) is 0.500. The molecular weight excluding hydrogens is 444 g/mol. The van der Waals surface area contributed by atoms with Crippen molar-refractivity contribution in [2.45, 2.75) is 58.2 Å². The van der Waals surface area contributed by atoms with Gasteiger partial charge in [-0.15, -0.1) is 0 Å². The molecule has 2 aromatic rings. The van der Waals surface area contributed by atoms with Gasteiger partial charge in [-0.1, -0.05) is 23.7 Å². The number of esters is 1. The van der Waals surface area contributed by atoms with E-state index < -0.39 is 11.6 Å². The number of aromatic nitrogens is 2. The number of nitrogens with zero attached hydrogens (tertiary/aromatic N) is 3. The first-order valence-corrected chi connectivity index (χ1v) is 11.5. The van der Waals surface area contributed by atoms with Crippen LogP contribution in [-0.2, 0) is 14.3 Å². The van der Waals surface area contributed by atoms with Gasteiger partial charge in [0.05, 0.1) is 23.0 Å². The molecule has 0 spiro atoms. The molecule has 1 amide bonds. The van der Waals surface area contributed by atoms with E-state index in [-0.39, 0.29) is 24.5 Å². The lowest BCUT2D eigenvalue weighted by Crippen LogP contribution is -2.36. The number of amides is 1. The Kier molecular flexibility index (Phi) is 6.59. The molecule has 1 fully saturated rings. The molecule has 0 radical (unpaired) electrons. The smallest absolute Gasteiger partial charge is 0.326 e. The van der Waals surface area contributed by atoms with Crippen LogP contribution in [0.3, 0.4) is 0 Å². The number of carbonyl (C=O) groups excluding carboxylic acids is 2. The third kappa shape index (κ3) is 5.28. The van der Waals surface area contributed by atoms with E-state index in [1.165, 1.54) is 4.90 Å². The molecule has 8 nitrogen and oxygen atoms in total. The summed E-state index contributed by atoms with van der Waals surface area (Å²) in [5.41, 5.74) is 2.06. The molecule has 1 N–H and O–H groups in total. The van der Waals surface area contributed by atoms with Crippen molar-refractivity contribution in [1.82, 2.24) is 14.9 Å². The molecule has 2 aliphatic rings. The molecule has 1 atom stereocenters. The Bertz CT molecular complexity index is 1060. The van der Waals surface area contributed by atoms with Gasteiger partial charge in [-0.2, -0.15) is 0 Å².